The van der Waals surface area contributed by atoms with Crippen LogP contribution in [0, 0.1) is 5.92 Å². The van der Waals surface area contributed by atoms with E-state index in [1.807, 2.05) is 30.3 Å². The van der Waals surface area contributed by atoms with Crippen molar-refractivity contribution < 1.29 is 9.26 Å². The van der Waals surface area contributed by atoms with Gasteiger partial charge in [-0.05, 0) is 60.9 Å². The molecule has 138 valence electrons. The summed E-state index contributed by atoms with van der Waals surface area (Å²) in [6.07, 6.45) is 4.39. The van der Waals surface area contributed by atoms with E-state index < -0.39 is 0 Å². The molecule has 5 rings (SSSR count). The first-order chi connectivity index (χ1) is 13.2. The van der Waals surface area contributed by atoms with Crippen LogP contribution in [-0.4, -0.2) is 16.7 Å². The van der Waals surface area contributed by atoms with E-state index in [2.05, 4.69) is 16.2 Å². The Morgan fingerprint density at radius 1 is 1.15 bits per heavy atom. The van der Waals surface area contributed by atoms with E-state index in [-0.39, 0.29) is 6.04 Å². The van der Waals surface area contributed by atoms with E-state index in [1.54, 1.807) is 0 Å². The Morgan fingerprint density at radius 2 is 2.04 bits per heavy atom. The normalized spacial score (nSPS) is 18.5. The molecule has 27 heavy (non-hydrogen) atoms. The van der Waals surface area contributed by atoms with E-state index in [9.17, 15) is 0 Å². The predicted octanol–water partition coefficient (Wildman–Crippen LogP) is 3.72. The highest BCUT2D eigenvalue weighted by atomic mass is 16.5. The summed E-state index contributed by atoms with van der Waals surface area (Å²) in [7, 11) is 0. The number of benzene rings is 2. The van der Waals surface area contributed by atoms with Crippen molar-refractivity contribution >= 4 is 5.69 Å². The summed E-state index contributed by atoms with van der Waals surface area (Å²) in [5, 5.41) is 4.19. The molecule has 1 atom stereocenters. The van der Waals surface area contributed by atoms with Crippen LogP contribution in [0.25, 0.3) is 22.8 Å². The molecule has 4 N–H and O–H groups in total. The van der Waals surface area contributed by atoms with Gasteiger partial charge < -0.3 is 20.7 Å². The van der Waals surface area contributed by atoms with Crippen molar-refractivity contribution in [2.24, 2.45) is 11.7 Å². The first kappa shape index (κ1) is 16.3. The summed E-state index contributed by atoms with van der Waals surface area (Å²) in [5.74, 6) is 2.43. The molecule has 1 heterocycles. The standard InChI is InChI=1S/C21H22N4O2/c22-17-8-7-14-15(17)2-1-3-16(14)20-24-21(27-25-20)13-6-9-19(18(23)10-13)26-11-12-4-5-12/h1-3,6,9-10,12,17H,4-5,7-8,11,22-23H2/t17-/m0/s1. The second kappa shape index (κ2) is 6.39. The van der Waals surface area contributed by atoms with Gasteiger partial charge in [-0.2, -0.15) is 4.98 Å². The number of anilines is 1. The van der Waals surface area contributed by atoms with Crippen LogP contribution in [0.4, 0.5) is 5.69 Å². The van der Waals surface area contributed by atoms with Crippen molar-refractivity contribution in [2.45, 2.75) is 31.7 Å². The fourth-order valence-electron chi connectivity index (χ4n) is 3.65. The third kappa shape index (κ3) is 3.06. The molecule has 1 saturated carbocycles. The summed E-state index contributed by atoms with van der Waals surface area (Å²) in [6.45, 7) is 0.732. The molecule has 3 aromatic rings. The minimum absolute atomic E-state index is 0.0919. The lowest BCUT2D eigenvalue weighted by atomic mass is 10.0. The monoisotopic (exact) mass is 362 g/mol. The van der Waals surface area contributed by atoms with Crippen LogP contribution >= 0.6 is 0 Å². The van der Waals surface area contributed by atoms with Gasteiger partial charge in [0.25, 0.3) is 5.89 Å². The van der Waals surface area contributed by atoms with E-state index in [0.29, 0.717) is 29.1 Å². The molecular formula is C21H22N4O2. The number of hydrogen-bond acceptors (Lipinski definition) is 6. The Bertz CT molecular complexity index is 994. The van der Waals surface area contributed by atoms with Gasteiger partial charge in [-0.15, -0.1) is 0 Å². The van der Waals surface area contributed by atoms with Crippen molar-refractivity contribution in [1.29, 1.82) is 0 Å². The molecule has 0 radical (unpaired) electrons. The average Bonchev–Trinajstić information content (AvgIpc) is 3.24. The summed E-state index contributed by atoms with van der Waals surface area (Å²) in [4.78, 5) is 4.59. The molecule has 2 aliphatic rings. The number of nitrogens with zero attached hydrogens (tertiary/aromatic N) is 2. The molecule has 2 aromatic carbocycles. The molecule has 0 unspecified atom stereocenters. The maximum absolute atomic E-state index is 6.18. The molecule has 0 bridgehead atoms. The fraction of sp³-hybridized carbons (Fsp3) is 0.333. The van der Waals surface area contributed by atoms with Crippen LogP contribution in [0.2, 0.25) is 0 Å². The van der Waals surface area contributed by atoms with E-state index >= 15 is 0 Å². The third-order valence-electron chi connectivity index (χ3n) is 5.41. The molecule has 6 nitrogen and oxygen atoms in total. The number of aromatic nitrogens is 2. The van der Waals surface area contributed by atoms with Crippen molar-refractivity contribution in [3.63, 3.8) is 0 Å². The van der Waals surface area contributed by atoms with Gasteiger partial charge in [0.05, 0.1) is 12.3 Å². The number of rotatable bonds is 5. The fourth-order valence-corrected chi connectivity index (χ4v) is 3.65. The van der Waals surface area contributed by atoms with Crippen LogP contribution in [0.3, 0.4) is 0 Å². The molecule has 0 amide bonds. The predicted molar refractivity (Wildman–Crippen MR) is 103 cm³/mol. The van der Waals surface area contributed by atoms with E-state index in [0.717, 1.165) is 30.6 Å². The van der Waals surface area contributed by atoms with Crippen molar-refractivity contribution in [2.75, 3.05) is 12.3 Å². The molecule has 1 fully saturated rings. The van der Waals surface area contributed by atoms with Gasteiger partial charge in [0.15, 0.2) is 0 Å². The first-order valence-electron chi connectivity index (χ1n) is 9.43. The van der Waals surface area contributed by atoms with Crippen molar-refractivity contribution in [3.8, 4) is 28.6 Å². The van der Waals surface area contributed by atoms with Crippen molar-refractivity contribution in [3.05, 3.63) is 47.5 Å². The zero-order valence-corrected chi connectivity index (χ0v) is 15.0. The summed E-state index contributed by atoms with van der Waals surface area (Å²) in [5.41, 5.74) is 17.1. The van der Waals surface area contributed by atoms with Crippen LogP contribution in [0.15, 0.2) is 40.9 Å². The second-order valence-electron chi connectivity index (χ2n) is 7.45. The van der Waals surface area contributed by atoms with Gasteiger partial charge in [-0.3, -0.25) is 0 Å². The first-order valence-corrected chi connectivity index (χ1v) is 9.43. The smallest absolute Gasteiger partial charge is 0.258 e. The molecule has 6 heteroatoms. The molecule has 0 spiro atoms. The highest BCUT2D eigenvalue weighted by Crippen LogP contribution is 2.37. The van der Waals surface area contributed by atoms with Crippen molar-refractivity contribution in [1.82, 2.24) is 10.1 Å². The minimum atomic E-state index is 0.0919. The molecule has 0 saturated heterocycles. The van der Waals surface area contributed by atoms with Crippen LogP contribution in [0.5, 0.6) is 5.75 Å². The van der Waals surface area contributed by atoms with Gasteiger partial charge >= 0.3 is 0 Å². The van der Waals surface area contributed by atoms with Crippen LogP contribution in [0.1, 0.15) is 36.4 Å². The molecular weight excluding hydrogens is 340 g/mol. The van der Waals surface area contributed by atoms with Crippen LogP contribution in [-0.2, 0) is 6.42 Å². The Balaban J connectivity index is 1.42. The van der Waals surface area contributed by atoms with E-state index in [4.69, 9.17) is 20.7 Å². The zero-order valence-electron chi connectivity index (χ0n) is 15.0. The third-order valence-corrected chi connectivity index (χ3v) is 5.41. The lowest BCUT2D eigenvalue weighted by Gasteiger charge is -2.08. The van der Waals surface area contributed by atoms with Gasteiger partial charge in [-0.1, -0.05) is 23.4 Å². The average molecular weight is 362 g/mol. The minimum Gasteiger partial charge on any atom is -0.491 e. The largest absolute Gasteiger partial charge is 0.491 e. The topological polar surface area (TPSA) is 100 Å². The number of nitrogen functional groups attached to an aromatic ring is 1. The summed E-state index contributed by atoms with van der Waals surface area (Å²) < 4.78 is 11.3. The SMILES string of the molecule is Nc1cc(-c2nc(-c3cccc4c3CC[C@@H]4N)no2)ccc1OCC1CC1. The molecule has 0 aliphatic heterocycles. The van der Waals surface area contributed by atoms with Gasteiger partial charge in [0, 0.05) is 17.2 Å². The van der Waals surface area contributed by atoms with E-state index in [1.165, 1.54) is 24.0 Å². The Hall–Kier alpha value is -2.86. The lowest BCUT2D eigenvalue weighted by molar-refractivity contribution is 0.301. The Labute approximate surface area is 157 Å². The number of nitrogens with two attached hydrogens (primary N) is 2. The molecule has 2 aliphatic carbocycles. The highest BCUT2D eigenvalue weighted by Gasteiger charge is 2.24. The highest BCUT2D eigenvalue weighted by molar-refractivity contribution is 5.68. The van der Waals surface area contributed by atoms with Gasteiger partial charge in [-0.25, -0.2) is 0 Å². The summed E-state index contributed by atoms with van der Waals surface area (Å²) in [6, 6.07) is 11.8. The lowest BCUT2D eigenvalue weighted by Crippen LogP contribution is -2.04. The van der Waals surface area contributed by atoms with Crippen LogP contribution < -0.4 is 16.2 Å². The Kier molecular flexibility index (Phi) is 3.86. The number of fused-ring (bicyclic) bond motifs is 1. The maximum atomic E-state index is 6.18. The molecule has 1 aromatic heterocycles. The Morgan fingerprint density at radius 3 is 2.85 bits per heavy atom. The number of hydrogen-bond donors (Lipinski definition) is 2. The summed E-state index contributed by atoms with van der Waals surface area (Å²) >= 11 is 0. The quantitative estimate of drug-likeness (QED) is 0.671. The maximum Gasteiger partial charge on any atom is 0.258 e. The number of ether oxygens (including phenoxy) is 1. The second-order valence-corrected chi connectivity index (χ2v) is 7.45. The van der Waals surface area contributed by atoms with Gasteiger partial charge in [0.1, 0.15) is 5.75 Å². The van der Waals surface area contributed by atoms with Gasteiger partial charge in [0.2, 0.25) is 5.82 Å². The zero-order chi connectivity index (χ0) is 18.4.